The zero-order valence-corrected chi connectivity index (χ0v) is 21.2. The third kappa shape index (κ3) is 6.91. The molecule has 0 atom stereocenters. The summed E-state index contributed by atoms with van der Waals surface area (Å²) in [7, 11) is 0. The van der Waals surface area contributed by atoms with Gasteiger partial charge in [0.25, 0.3) is 0 Å². The fourth-order valence-corrected chi connectivity index (χ4v) is 4.35. The molecule has 0 unspecified atom stereocenters. The number of benzene rings is 3. The summed E-state index contributed by atoms with van der Waals surface area (Å²) < 4.78 is 5.65. The Kier molecular flexibility index (Phi) is 8.87. The van der Waals surface area contributed by atoms with Gasteiger partial charge in [0.05, 0.1) is 0 Å². The molecular weight excluding hydrogens is 471 g/mol. The number of ketones is 1. The van der Waals surface area contributed by atoms with Crippen LogP contribution in [0, 0.1) is 6.92 Å². The van der Waals surface area contributed by atoms with Crippen LogP contribution in [-0.4, -0.2) is 22.6 Å². The molecule has 3 aromatic carbocycles. The number of halogens is 2. The predicted octanol–water partition coefficient (Wildman–Crippen LogP) is 7.40. The zero-order valence-electron chi connectivity index (χ0n) is 19.7. The maximum Gasteiger partial charge on any atom is 0.170 e. The molecule has 34 heavy (non-hydrogen) atoms. The van der Waals surface area contributed by atoms with Crippen LogP contribution in [0.2, 0.25) is 10.0 Å². The van der Waals surface area contributed by atoms with Crippen LogP contribution in [0.4, 0.5) is 0 Å². The first-order valence-corrected chi connectivity index (χ1v) is 12.1. The van der Waals surface area contributed by atoms with Gasteiger partial charge in [-0.3, -0.25) is 4.79 Å². The lowest BCUT2D eigenvalue weighted by Crippen LogP contribution is -2.11. The smallest absolute Gasteiger partial charge is 0.170 e. The second kappa shape index (κ2) is 11.6. The van der Waals surface area contributed by atoms with E-state index in [0.717, 1.165) is 27.8 Å². The average Bonchev–Trinajstić information content (AvgIpc) is 2.78. The number of ether oxygens (including phenoxy) is 1. The Morgan fingerprint density at radius 3 is 2.26 bits per heavy atom. The number of hydrogen-bond donors (Lipinski definition) is 2. The molecule has 0 aliphatic rings. The fourth-order valence-electron chi connectivity index (χ4n) is 3.75. The third-order valence-corrected chi connectivity index (χ3v) is 6.48. The number of phenolic OH excluding ortho intramolecular Hbond substituents is 2. The Hall–Kier alpha value is -2.69. The highest BCUT2D eigenvalue weighted by molar-refractivity contribution is 6.36. The Morgan fingerprint density at radius 1 is 0.941 bits per heavy atom. The van der Waals surface area contributed by atoms with Gasteiger partial charge in [-0.2, -0.15) is 0 Å². The van der Waals surface area contributed by atoms with E-state index in [2.05, 4.69) is 0 Å². The van der Waals surface area contributed by atoms with E-state index < -0.39 is 0 Å². The van der Waals surface area contributed by atoms with Gasteiger partial charge in [-0.1, -0.05) is 61.3 Å². The third-order valence-electron chi connectivity index (χ3n) is 5.80. The van der Waals surface area contributed by atoms with E-state index in [1.54, 1.807) is 24.3 Å². The maximum absolute atomic E-state index is 12.3. The molecule has 180 valence electrons. The van der Waals surface area contributed by atoms with Crippen LogP contribution < -0.4 is 4.74 Å². The standard InChI is InChI=1S/C28H30Cl2O4/c1-17(2)23-11-20(9-10-27(23)32)12-24-25(29)14-22(15-26(24)30)34-16-21(31)6-4-5-19-8-7-18(3)28(33)13-19/h7-11,13-15,17,32-33H,4-6,12,16H2,1-3H3. The van der Waals surface area contributed by atoms with Crippen LogP contribution in [0.5, 0.6) is 17.2 Å². The molecule has 3 rings (SSSR count). The monoisotopic (exact) mass is 500 g/mol. The first kappa shape index (κ1) is 25.9. The minimum Gasteiger partial charge on any atom is -0.508 e. The van der Waals surface area contributed by atoms with Crippen LogP contribution in [0.3, 0.4) is 0 Å². The summed E-state index contributed by atoms with van der Waals surface area (Å²) in [6.07, 6.45) is 2.29. The molecule has 0 spiro atoms. The van der Waals surface area contributed by atoms with Crippen molar-refractivity contribution in [3.8, 4) is 17.2 Å². The van der Waals surface area contributed by atoms with E-state index in [4.69, 9.17) is 27.9 Å². The van der Waals surface area contributed by atoms with E-state index in [1.807, 2.05) is 45.0 Å². The van der Waals surface area contributed by atoms with Gasteiger partial charge >= 0.3 is 0 Å². The largest absolute Gasteiger partial charge is 0.508 e. The number of aryl methyl sites for hydroxylation is 2. The van der Waals surface area contributed by atoms with Crippen LogP contribution in [0.15, 0.2) is 48.5 Å². The van der Waals surface area contributed by atoms with Crippen molar-refractivity contribution in [1.82, 2.24) is 0 Å². The zero-order chi connectivity index (χ0) is 24.8. The van der Waals surface area contributed by atoms with E-state index in [0.29, 0.717) is 41.5 Å². The van der Waals surface area contributed by atoms with Crippen LogP contribution in [0.25, 0.3) is 0 Å². The molecule has 4 nitrogen and oxygen atoms in total. The lowest BCUT2D eigenvalue weighted by atomic mass is 9.96. The summed E-state index contributed by atoms with van der Waals surface area (Å²) in [4.78, 5) is 12.3. The SMILES string of the molecule is Cc1ccc(CCCC(=O)COc2cc(Cl)c(Cc3ccc(O)c(C(C)C)c3)c(Cl)c2)cc1O. The van der Waals surface area contributed by atoms with Crippen LogP contribution in [-0.2, 0) is 17.6 Å². The molecular formula is C28H30Cl2O4. The highest BCUT2D eigenvalue weighted by Gasteiger charge is 2.13. The number of carbonyl (C=O) groups excluding carboxylic acids is 1. The fraction of sp³-hybridized carbons (Fsp3) is 0.321. The van der Waals surface area contributed by atoms with Gasteiger partial charge < -0.3 is 14.9 Å². The Balaban J connectivity index is 1.55. The van der Waals surface area contributed by atoms with Gasteiger partial charge in [0, 0.05) is 22.9 Å². The molecule has 6 heteroatoms. The number of hydrogen-bond acceptors (Lipinski definition) is 4. The van der Waals surface area contributed by atoms with Gasteiger partial charge in [0.1, 0.15) is 23.9 Å². The van der Waals surface area contributed by atoms with Gasteiger partial charge in [-0.15, -0.1) is 0 Å². The predicted molar refractivity (Wildman–Crippen MR) is 138 cm³/mol. The number of rotatable bonds is 10. The second-order valence-corrected chi connectivity index (χ2v) is 9.71. The summed E-state index contributed by atoms with van der Waals surface area (Å²) in [6, 6.07) is 14.4. The molecule has 0 aliphatic heterocycles. The first-order chi connectivity index (χ1) is 16.1. The quantitative estimate of drug-likeness (QED) is 0.304. The second-order valence-electron chi connectivity index (χ2n) is 8.89. The van der Waals surface area contributed by atoms with Crippen molar-refractivity contribution < 1.29 is 19.7 Å². The normalized spacial score (nSPS) is 11.1. The van der Waals surface area contributed by atoms with Crippen LogP contribution in [0.1, 0.15) is 60.4 Å². The van der Waals surface area contributed by atoms with Crippen molar-refractivity contribution in [3.05, 3.63) is 86.4 Å². The highest BCUT2D eigenvalue weighted by atomic mass is 35.5. The maximum atomic E-state index is 12.3. The van der Waals surface area contributed by atoms with E-state index in [1.165, 1.54) is 0 Å². The lowest BCUT2D eigenvalue weighted by Gasteiger charge is -2.14. The van der Waals surface area contributed by atoms with Gasteiger partial charge in [-0.05, 0) is 77.8 Å². The van der Waals surface area contributed by atoms with Crippen LogP contribution >= 0.6 is 23.2 Å². The topological polar surface area (TPSA) is 66.8 Å². The summed E-state index contributed by atoms with van der Waals surface area (Å²) >= 11 is 13.0. The van der Waals surface area contributed by atoms with E-state index in [9.17, 15) is 15.0 Å². The van der Waals surface area contributed by atoms with Gasteiger partial charge in [0.2, 0.25) is 0 Å². The van der Waals surface area contributed by atoms with Crippen molar-refractivity contribution >= 4 is 29.0 Å². The first-order valence-electron chi connectivity index (χ1n) is 11.4. The molecule has 0 aliphatic carbocycles. The van der Waals surface area contributed by atoms with E-state index in [-0.39, 0.29) is 29.8 Å². The van der Waals surface area contributed by atoms with Crippen molar-refractivity contribution in [2.24, 2.45) is 0 Å². The number of carbonyl (C=O) groups is 1. The van der Waals surface area contributed by atoms with Crippen molar-refractivity contribution in [3.63, 3.8) is 0 Å². The Labute approximate surface area is 211 Å². The summed E-state index contributed by atoms with van der Waals surface area (Å²) in [5.41, 5.74) is 4.47. The lowest BCUT2D eigenvalue weighted by molar-refractivity contribution is -0.121. The number of aromatic hydroxyl groups is 2. The molecule has 2 N–H and O–H groups in total. The summed E-state index contributed by atoms with van der Waals surface area (Å²) in [5.74, 6) is 1.18. The molecule has 0 heterocycles. The van der Waals surface area contributed by atoms with Crippen molar-refractivity contribution in [2.75, 3.05) is 6.61 Å². The highest BCUT2D eigenvalue weighted by Crippen LogP contribution is 2.34. The molecule has 0 amide bonds. The number of Topliss-reactive ketones (excluding diaryl/α,β-unsaturated/α-hetero) is 1. The molecule has 0 saturated carbocycles. The Morgan fingerprint density at radius 2 is 1.62 bits per heavy atom. The van der Waals surface area contributed by atoms with E-state index >= 15 is 0 Å². The minimum atomic E-state index is -0.0547. The van der Waals surface area contributed by atoms with Crippen molar-refractivity contribution in [1.29, 1.82) is 0 Å². The average molecular weight is 501 g/mol. The van der Waals surface area contributed by atoms with Gasteiger partial charge in [0.15, 0.2) is 5.78 Å². The summed E-state index contributed by atoms with van der Waals surface area (Å²) in [6.45, 7) is 5.85. The molecule has 0 radical (unpaired) electrons. The van der Waals surface area contributed by atoms with Crippen molar-refractivity contribution in [2.45, 2.75) is 52.4 Å². The minimum absolute atomic E-state index is 0.0158. The molecule has 0 aromatic heterocycles. The van der Waals surface area contributed by atoms with Gasteiger partial charge in [-0.25, -0.2) is 0 Å². The summed E-state index contributed by atoms with van der Waals surface area (Å²) in [5, 5.41) is 20.8. The molecule has 0 fully saturated rings. The molecule has 0 bridgehead atoms. The molecule has 0 saturated heterocycles. The Bertz CT molecular complexity index is 1150. The molecule has 3 aromatic rings. The number of phenols is 2.